The van der Waals surface area contributed by atoms with Crippen molar-refractivity contribution < 1.29 is 9.90 Å². The molecular formula is C13H20N2O2. The Morgan fingerprint density at radius 2 is 2.06 bits per heavy atom. The Labute approximate surface area is 102 Å². The average Bonchev–Trinajstić information content (AvgIpc) is 2.58. The first-order valence-electron chi connectivity index (χ1n) is 6.30. The Balaban J connectivity index is 1.90. The maximum atomic E-state index is 10.9. The Kier molecular flexibility index (Phi) is 3.50. The van der Waals surface area contributed by atoms with Crippen LogP contribution in [-0.2, 0) is 11.3 Å². The molecule has 1 heterocycles. The quantitative estimate of drug-likeness (QED) is 0.876. The van der Waals surface area contributed by atoms with Crippen LogP contribution in [0.1, 0.15) is 37.1 Å². The molecular weight excluding hydrogens is 216 g/mol. The molecule has 0 amide bonds. The van der Waals surface area contributed by atoms with Crippen LogP contribution < -0.4 is 0 Å². The summed E-state index contributed by atoms with van der Waals surface area (Å²) in [6.07, 6.45) is 3.66. The summed E-state index contributed by atoms with van der Waals surface area (Å²) in [5.41, 5.74) is 2.25. The molecule has 1 N–H and O–H groups in total. The molecule has 2 rings (SSSR count). The minimum Gasteiger partial charge on any atom is -0.481 e. The summed E-state index contributed by atoms with van der Waals surface area (Å²) >= 11 is 0. The molecule has 1 aromatic heterocycles. The van der Waals surface area contributed by atoms with Gasteiger partial charge in [0.1, 0.15) is 0 Å². The van der Waals surface area contributed by atoms with E-state index >= 15 is 0 Å². The van der Waals surface area contributed by atoms with Gasteiger partial charge in [0.25, 0.3) is 0 Å². The third-order valence-corrected chi connectivity index (χ3v) is 3.73. The Morgan fingerprint density at radius 1 is 1.41 bits per heavy atom. The van der Waals surface area contributed by atoms with Gasteiger partial charge in [-0.05, 0) is 51.5 Å². The van der Waals surface area contributed by atoms with Crippen molar-refractivity contribution >= 4 is 5.97 Å². The van der Waals surface area contributed by atoms with E-state index in [0.717, 1.165) is 37.9 Å². The zero-order chi connectivity index (χ0) is 12.4. The van der Waals surface area contributed by atoms with Gasteiger partial charge in [0, 0.05) is 12.2 Å². The van der Waals surface area contributed by atoms with Gasteiger partial charge in [0.15, 0.2) is 0 Å². The lowest BCUT2D eigenvalue weighted by Crippen LogP contribution is -2.24. The van der Waals surface area contributed by atoms with Crippen molar-refractivity contribution in [1.82, 2.24) is 9.78 Å². The predicted molar refractivity (Wildman–Crippen MR) is 64.8 cm³/mol. The smallest absolute Gasteiger partial charge is 0.306 e. The number of aryl methyl sites for hydroxylation is 2. The van der Waals surface area contributed by atoms with Crippen LogP contribution in [0, 0.1) is 25.7 Å². The fourth-order valence-corrected chi connectivity index (χ4v) is 2.70. The topological polar surface area (TPSA) is 55.1 Å². The number of rotatable bonds is 3. The van der Waals surface area contributed by atoms with Crippen LogP contribution in [-0.4, -0.2) is 20.9 Å². The third kappa shape index (κ3) is 2.87. The van der Waals surface area contributed by atoms with Crippen LogP contribution in [0.15, 0.2) is 6.07 Å². The molecule has 1 aliphatic rings. The number of aromatic nitrogens is 2. The normalized spacial score (nSPS) is 24.8. The zero-order valence-electron chi connectivity index (χ0n) is 10.5. The molecule has 94 valence electrons. The number of carboxylic acid groups (broad SMARTS) is 1. The average molecular weight is 236 g/mol. The summed E-state index contributed by atoms with van der Waals surface area (Å²) in [5, 5.41) is 13.4. The molecule has 17 heavy (non-hydrogen) atoms. The van der Waals surface area contributed by atoms with Crippen LogP contribution in [0.5, 0.6) is 0 Å². The van der Waals surface area contributed by atoms with Crippen molar-refractivity contribution in [1.29, 1.82) is 0 Å². The third-order valence-electron chi connectivity index (χ3n) is 3.73. The van der Waals surface area contributed by atoms with E-state index in [2.05, 4.69) is 22.8 Å². The number of aliphatic carboxylic acids is 1. The minimum absolute atomic E-state index is 0.119. The molecule has 1 fully saturated rings. The first-order chi connectivity index (χ1) is 8.06. The molecule has 1 aliphatic carbocycles. The van der Waals surface area contributed by atoms with E-state index < -0.39 is 5.97 Å². The number of nitrogens with zero attached hydrogens (tertiary/aromatic N) is 2. The van der Waals surface area contributed by atoms with Gasteiger partial charge in [-0.2, -0.15) is 5.10 Å². The summed E-state index contributed by atoms with van der Waals surface area (Å²) in [5.74, 6) is -0.162. The number of hydrogen-bond acceptors (Lipinski definition) is 2. The van der Waals surface area contributed by atoms with E-state index in [1.807, 2.05) is 6.92 Å². The minimum atomic E-state index is -0.630. The maximum Gasteiger partial charge on any atom is 0.306 e. The Morgan fingerprint density at radius 3 is 2.53 bits per heavy atom. The summed E-state index contributed by atoms with van der Waals surface area (Å²) in [4.78, 5) is 10.9. The van der Waals surface area contributed by atoms with Crippen LogP contribution >= 0.6 is 0 Å². The fraction of sp³-hybridized carbons (Fsp3) is 0.692. The number of carboxylic acids is 1. The molecule has 0 spiro atoms. The van der Waals surface area contributed by atoms with E-state index in [0.29, 0.717) is 5.92 Å². The van der Waals surface area contributed by atoms with E-state index in [-0.39, 0.29) is 5.92 Å². The molecule has 0 atom stereocenters. The van der Waals surface area contributed by atoms with Gasteiger partial charge < -0.3 is 5.11 Å². The van der Waals surface area contributed by atoms with Gasteiger partial charge >= 0.3 is 5.97 Å². The van der Waals surface area contributed by atoms with E-state index in [1.54, 1.807) is 0 Å². The maximum absolute atomic E-state index is 10.9. The highest BCUT2D eigenvalue weighted by atomic mass is 16.4. The largest absolute Gasteiger partial charge is 0.481 e. The van der Waals surface area contributed by atoms with Gasteiger partial charge in [-0.15, -0.1) is 0 Å². The fourth-order valence-electron chi connectivity index (χ4n) is 2.70. The standard InChI is InChI=1S/C13H20N2O2/c1-9-7-10(2)15(14-9)8-11-3-5-12(6-4-11)13(16)17/h7,11-12H,3-6,8H2,1-2H3,(H,16,17). The lowest BCUT2D eigenvalue weighted by Gasteiger charge is -2.26. The van der Waals surface area contributed by atoms with E-state index in [4.69, 9.17) is 5.11 Å². The second-order valence-electron chi connectivity index (χ2n) is 5.17. The predicted octanol–water partition coefficient (Wildman–Crippen LogP) is 2.39. The summed E-state index contributed by atoms with van der Waals surface area (Å²) in [7, 11) is 0. The van der Waals surface area contributed by atoms with Crippen molar-refractivity contribution in [2.45, 2.75) is 46.1 Å². The van der Waals surface area contributed by atoms with Gasteiger partial charge in [-0.1, -0.05) is 0 Å². The van der Waals surface area contributed by atoms with Crippen LogP contribution in [0.2, 0.25) is 0 Å². The summed E-state index contributed by atoms with van der Waals surface area (Å²) in [6.45, 7) is 5.01. The highest BCUT2D eigenvalue weighted by molar-refractivity contribution is 5.69. The van der Waals surface area contributed by atoms with Gasteiger partial charge in [0.05, 0.1) is 11.6 Å². The molecule has 0 saturated heterocycles. The monoisotopic (exact) mass is 236 g/mol. The van der Waals surface area contributed by atoms with E-state index in [1.165, 1.54) is 5.69 Å². The Bertz CT molecular complexity index is 404. The molecule has 1 saturated carbocycles. The SMILES string of the molecule is Cc1cc(C)n(CC2CCC(C(=O)O)CC2)n1. The summed E-state index contributed by atoms with van der Waals surface area (Å²) in [6, 6.07) is 2.09. The van der Waals surface area contributed by atoms with Crippen LogP contribution in [0.3, 0.4) is 0 Å². The second kappa shape index (κ2) is 4.90. The first kappa shape index (κ1) is 12.1. The lowest BCUT2D eigenvalue weighted by molar-refractivity contribution is -0.143. The molecule has 0 aromatic carbocycles. The number of hydrogen-bond donors (Lipinski definition) is 1. The number of carbonyl (C=O) groups is 1. The highest BCUT2D eigenvalue weighted by Gasteiger charge is 2.26. The van der Waals surface area contributed by atoms with Crippen molar-refractivity contribution in [3.05, 3.63) is 17.5 Å². The van der Waals surface area contributed by atoms with Crippen molar-refractivity contribution in [2.24, 2.45) is 11.8 Å². The lowest BCUT2D eigenvalue weighted by atomic mass is 9.82. The summed E-state index contributed by atoms with van der Waals surface area (Å²) < 4.78 is 2.06. The molecule has 4 heteroatoms. The Hall–Kier alpha value is -1.32. The molecule has 0 bridgehead atoms. The van der Waals surface area contributed by atoms with Crippen LogP contribution in [0.25, 0.3) is 0 Å². The van der Waals surface area contributed by atoms with Crippen molar-refractivity contribution in [2.75, 3.05) is 0 Å². The molecule has 0 radical (unpaired) electrons. The second-order valence-corrected chi connectivity index (χ2v) is 5.17. The van der Waals surface area contributed by atoms with Crippen LogP contribution in [0.4, 0.5) is 0 Å². The molecule has 0 aliphatic heterocycles. The molecule has 1 aromatic rings. The van der Waals surface area contributed by atoms with Gasteiger partial charge in [-0.25, -0.2) is 0 Å². The van der Waals surface area contributed by atoms with Gasteiger partial charge in [-0.3, -0.25) is 9.48 Å². The first-order valence-corrected chi connectivity index (χ1v) is 6.30. The van der Waals surface area contributed by atoms with E-state index in [9.17, 15) is 4.79 Å². The molecule has 4 nitrogen and oxygen atoms in total. The highest BCUT2D eigenvalue weighted by Crippen LogP contribution is 2.30. The van der Waals surface area contributed by atoms with Gasteiger partial charge in [0.2, 0.25) is 0 Å². The molecule has 0 unspecified atom stereocenters. The van der Waals surface area contributed by atoms with Crippen molar-refractivity contribution in [3.8, 4) is 0 Å². The zero-order valence-corrected chi connectivity index (χ0v) is 10.5. The van der Waals surface area contributed by atoms with Crippen molar-refractivity contribution in [3.63, 3.8) is 0 Å².